The van der Waals surface area contributed by atoms with Crippen LogP contribution in [-0.2, 0) is 6.61 Å². The molecule has 3 aromatic rings. The molecule has 2 heterocycles. The van der Waals surface area contributed by atoms with Crippen LogP contribution < -0.4 is 4.90 Å². The molecule has 0 fully saturated rings. The third kappa shape index (κ3) is 2.26. The Labute approximate surface area is 117 Å². The quantitative estimate of drug-likeness (QED) is 0.793. The fourth-order valence-corrected chi connectivity index (χ4v) is 2.20. The van der Waals surface area contributed by atoms with Gasteiger partial charge in [-0.25, -0.2) is 4.98 Å². The molecule has 0 amide bonds. The first-order chi connectivity index (χ1) is 9.67. The molecule has 0 saturated carbocycles. The molecule has 2 aromatic heterocycles. The topological polar surface area (TPSA) is 40.8 Å². The summed E-state index contributed by atoms with van der Waals surface area (Å²) in [6.45, 7) is 0.0426. The number of benzene rings is 1. The zero-order valence-electron chi connectivity index (χ0n) is 11.6. The normalized spacial score (nSPS) is 10.9. The number of imidazole rings is 1. The van der Waals surface area contributed by atoms with Crippen molar-refractivity contribution in [2.24, 2.45) is 0 Å². The Balaban J connectivity index is 2.01. The van der Waals surface area contributed by atoms with Gasteiger partial charge < -0.3 is 14.4 Å². The number of nitrogens with zero attached hydrogens (tertiary/aromatic N) is 3. The van der Waals surface area contributed by atoms with E-state index in [4.69, 9.17) is 5.11 Å². The van der Waals surface area contributed by atoms with Crippen molar-refractivity contribution in [3.63, 3.8) is 0 Å². The van der Waals surface area contributed by atoms with Gasteiger partial charge in [-0.05, 0) is 23.8 Å². The first-order valence-corrected chi connectivity index (χ1v) is 6.53. The summed E-state index contributed by atoms with van der Waals surface area (Å²) in [6.07, 6.45) is 3.89. The molecule has 0 atom stereocenters. The van der Waals surface area contributed by atoms with Gasteiger partial charge in [-0.2, -0.15) is 0 Å². The van der Waals surface area contributed by atoms with Crippen LogP contribution in [0.2, 0.25) is 0 Å². The van der Waals surface area contributed by atoms with Crippen molar-refractivity contribution in [3.05, 3.63) is 54.4 Å². The highest BCUT2D eigenvalue weighted by Crippen LogP contribution is 2.22. The number of hydrogen-bond acceptors (Lipinski definition) is 3. The fraction of sp³-hybridized carbons (Fsp3) is 0.188. The summed E-state index contributed by atoms with van der Waals surface area (Å²) in [6, 6.07) is 12.1. The molecule has 4 nitrogen and oxygen atoms in total. The Kier molecular flexibility index (Phi) is 3.16. The maximum atomic E-state index is 9.17. The smallest absolute Gasteiger partial charge is 0.137 e. The van der Waals surface area contributed by atoms with Gasteiger partial charge in [0.1, 0.15) is 5.65 Å². The number of fused-ring (bicyclic) bond motifs is 1. The number of aliphatic hydroxyl groups is 1. The van der Waals surface area contributed by atoms with E-state index in [1.807, 2.05) is 43.0 Å². The first kappa shape index (κ1) is 12.7. The van der Waals surface area contributed by atoms with Crippen LogP contribution in [0.25, 0.3) is 16.9 Å². The average Bonchev–Trinajstić information content (AvgIpc) is 2.90. The van der Waals surface area contributed by atoms with Crippen molar-refractivity contribution in [1.82, 2.24) is 9.38 Å². The highest BCUT2D eigenvalue weighted by atomic mass is 16.3. The second-order valence-electron chi connectivity index (χ2n) is 5.03. The number of aliphatic hydroxyl groups excluding tert-OH is 1. The second kappa shape index (κ2) is 4.98. The lowest BCUT2D eigenvalue weighted by molar-refractivity contribution is 0.281. The molecule has 0 aliphatic heterocycles. The Morgan fingerprint density at radius 2 is 1.80 bits per heavy atom. The molecule has 4 heteroatoms. The molecule has 1 aromatic carbocycles. The molecule has 0 aliphatic rings. The number of hydrogen-bond donors (Lipinski definition) is 1. The van der Waals surface area contributed by atoms with Gasteiger partial charge in [-0.1, -0.05) is 18.2 Å². The summed E-state index contributed by atoms with van der Waals surface area (Å²) in [5.74, 6) is 0. The Bertz CT molecular complexity index is 729. The van der Waals surface area contributed by atoms with E-state index < -0.39 is 0 Å². The number of aromatic nitrogens is 2. The molecule has 0 saturated heterocycles. The average molecular weight is 267 g/mol. The second-order valence-corrected chi connectivity index (χ2v) is 5.03. The minimum atomic E-state index is 0.0426. The predicted molar refractivity (Wildman–Crippen MR) is 80.9 cm³/mol. The van der Waals surface area contributed by atoms with Crippen molar-refractivity contribution >= 4 is 11.3 Å². The summed E-state index contributed by atoms with van der Waals surface area (Å²) in [4.78, 5) is 6.67. The largest absolute Gasteiger partial charge is 0.392 e. The molecule has 3 rings (SSSR count). The van der Waals surface area contributed by atoms with Gasteiger partial charge in [0.2, 0.25) is 0 Å². The molecule has 0 unspecified atom stereocenters. The fourth-order valence-electron chi connectivity index (χ4n) is 2.20. The van der Waals surface area contributed by atoms with Gasteiger partial charge in [-0.3, -0.25) is 0 Å². The van der Waals surface area contributed by atoms with Gasteiger partial charge in [-0.15, -0.1) is 0 Å². The Morgan fingerprint density at radius 1 is 1.05 bits per heavy atom. The number of anilines is 1. The zero-order chi connectivity index (χ0) is 14.1. The number of rotatable bonds is 3. The maximum Gasteiger partial charge on any atom is 0.137 e. The Morgan fingerprint density at radius 3 is 2.45 bits per heavy atom. The van der Waals surface area contributed by atoms with E-state index in [-0.39, 0.29) is 6.61 Å². The summed E-state index contributed by atoms with van der Waals surface area (Å²) in [5, 5.41) is 9.17. The van der Waals surface area contributed by atoms with Crippen LogP contribution in [0.15, 0.2) is 48.8 Å². The molecular formula is C16H17N3O. The van der Waals surface area contributed by atoms with Gasteiger partial charge in [0, 0.05) is 37.7 Å². The molecule has 0 spiro atoms. The molecule has 0 radical (unpaired) electrons. The standard InChI is InChI=1S/C16H17N3O/c1-18(2)14-6-4-13(5-7-14)15-10-19-9-12(11-20)3-8-16(19)17-15/h3-10,20H,11H2,1-2H3. The van der Waals surface area contributed by atoms with Crippen LogP contribution >= 0.6 is 0 Å². The summed E-state index contributed by atoms with van der Waals surface area (Å²) in [7, 11) is 4.05. The third-order valence-corrected chi connectivity index (χ3v) is 3.37. The number of pyridine rings is 1. The summed E-state index contributed by atoms with van der Waals surface area (Å²) in [5.41, 5.74) is 4.95. The molecule has 0 aliphatic carbocycles. The lowest BCUT2D eigenvalue weighted by Crippen LogP contribution is -2.07. The van der Waals surface area contributed by atoms with Crippen LogP contribution in [0, 0.1) is 0 Å². The minimum absolute atomic E-state index is 0.0426. The van der Waals surface area contributed by atoms with Gasteiger partial charge in [0.05, 0.1) is 12.3 Å². The third-order valence-electron chi connectivity index (χ3n) is 3.37. The van der Waals surface area contributed by atoms with E-state index in [2.05, 4.69) is 34.1 Å². The highest BCUT2D eigenvalue weighted by Gasteiger charge is 2.05. The highest BCUT2D eigenvalue weighted by molar-refractivity contribution is 5.65. The minimum Gasteiger partial charge on any atom is -0.392 e. The van der Waals surface area contributed by atoms with Gasteiger partial charge in [0.25, 0.3) is 0 Å². The van der Waals surface area contributed by atoms with Crippen LogP contribution in [0.1, 0.15) is 5.56 Å². The lowest BCUT2D eigenvalue weighted by Gasteiger charge is -2.12. The van der Waals surface area contributed by atoms with Crippen molar-refractivity contribution < 1.29 is 5.11 Å². The van der Waals surface area contributed by atoms with Crippen molar-refractivity contribution in [1.29, 1.82) is 0 Å². The maximum absolute atomic E-state index is 9.17. The van der Waals surface area contributed by atoms with Crippen molar-refractivity contribution in [3.8, 4) is 11.3 Å². The molecule has 102 valence electrons. The monoisotopic (exact) mass is 267 g/mol. The lowest BCUT2D eigenvalue weighted by atomic mass is 10.1. The van der Waals surface area contributed by atoms with E-state index in [1.54, 1.807) is 0 Å². The van der Waals surface area contributed by atoms with Crippen LogP contribution in [0.4, 0.5) is 5.69 Å². The SMILES string of the molecule is CN(C)c1ccc(-c2cn3cc(CO)ccc3n2)cc1. The Hall–Kier alpha value is -2.33. The first-order valence-electron chi connectivity index (χ1n) is 6.53. The van der Waals surface area contributed by atoms with Crippen molar-refractivity contribution in [2.75, 3.05) is 19.0 Å². The van der Waals surface area contributed by atoms with E-state index >= 15 is 0 Å². The van der Waals surface area contributed by atoms with E-state index in [0.29, 0.717) is 0 Å². The van der Waals surface area contributed by atoms with Gasteiger partial charge in [0.15, 0.2) is 0 Å². The molecule has 0 bridgehead atoms. The molecule has 1 N–H and O–H groups in total. The van der Waals surface area contributed by atoms with Crippen molar-refractivity contribution in [2.45, 2.75) is 6.61 Å². The van der Waals surface area contributed by atoms with E-state index in [0.717, 1.165) is 22.5 Å². The van der Waals surface area contributed by atoms with E-state index in [1.165, 1.54) is 5.69 Å². The molecule has 20 heavy (non-hydrogen) atoms. The summed E-state index contributed by atoms with van der Waals surface area (Å²) < 4.78 is 1.95. The summed E-state index contributed by atoms with van der Waals surface area (Å²) >= 11 is 0. The van der Waals surface area contributed by atoms with E-state index in [9.17, 15) is 0 Å². The van der Waals surface area contributed by atoms with Crippen LogP contribution in [0.5, 0.6) is 0 Å². The molecular weight excluding hydrogens is 250 g/mol. The predicted octanol–water partition coefficient (Wildman–Crippen LogP) is 2.56. The van der Waals surface area contributed by atoms with Gasteiger partial charge >= 0.3 is 0 Å². The zero-order valence-corrected chi connectivity index (χ0v) is 11.6. The van der Waals surface area contributed by atoms with Crippen LogP contribution in [0.3, 0.4) is 0 Å². The van der Waals surface area contributed by atoms with Crippen LogP contribution in [-0.4, -0.2) is 28.6 Å².